The summed E-state index contributed by atoms with van der Waals surface area (Å²) in [6.07, 6.45) is 1.22. The summed E-state index contributed by atoms with van der Waals surface area (Å²) < 4.78 is 11.1. The summed E-state index contributed by atoms with van der Waals surface area (Å²) in [5, 5.41) is 16.0. The number of hydrogen-bond donors (Lipinski definition) is 1. The van der Waals surface area contributed by atoms with Crippen LogP contribution in [0, 0.1) is 6.92 Å². The number of methoxy groups -OCH3 is 1. The summed E-state index contributed by atoms with van der Waals surface area (Å²) in [6.45, 7) is 1.74. The summed E-state index contributed by atoms with van der Waals surface area (Å²) in [6, 6.07) is 1.32. The molecule has 1 saturated heterocycles. The predicted octanol–water partition coefficient (Wildman–Crippen LogP) is 1.97. The second kappa shape index (κ2) is 6.69. The maximum Gasteiger partial charge on any atom is 0.269 e. The summed E-state index contributed by atoms with van der Waals surface area (Å²) in [5.41, 5.74) is -0.0503. The van der Waals surface area contributed by atoms with Crippen LogP contribution in [0.25, 0.3) is 11.0 Å². The fourth-order valence-electron chi connectivity index (χ4n) is 2.61. The van der Waals surface area contributed by atoms with Gasteiger partial charge in [0.1, 0.15) is 33.7 Å². The van der Waals surface area contributed by atoms with Crippen molar-refractivity contribution in [1.82, 2.24) is 9.91 Å². The number of hydrazone groups is 1. The first-order valence-corrected chi connectivity index (χ1v) is 8.61. The van der Waals surface area contributed by atoms with Crippen molar-refractivity contribution < 1.29 is 19.1 Å². The highest BCUT2D eigenvalue weighted by atomic mass is 79.9. The van der Waals surface area contributed by atoms with E-state index in [0.29, 0.717) is 5.76 Å². The zero-order valence-corrected chi connectivity index (χ0v) is 16.5. The highest BCUT2D eigenvalue weighted by molar-refractivity contribution is 9.10. The van der Waals surface area contributed by atoms with Crippen molar-refractivity contribution in [3.8, 4) is 11.5 Å². The third-order valence-corrected chi connectivity index (χ3v) is 5.05. The molecule has 1 aromatic heterocycles. The molecule has 1 fully saturated rings. The normalized spacial score (nSPS) is 14.9. The Hall–Kier alpha value is -2.46. The van der Waals surface area contributed by atoms with Gasteiger partial charge in [0.05, 0.1) is 18.9 Å². The fraction of sp³-hybridized carbons (Fsp3) is 0.250. The highest BCUT2D eigenvalue weighted by Crippen LogP contribution is 2.41. The maximum absolute atomic E-state index is 12.4. The molecule has 2 aromatic rings. The molecule has 0 saturated carbocycles. The van der Waals surface area contributed by atoms with Crippen LogP contribution in [0.2, 0.25) is 0 Å². The third-order valence-electron chi connectivity index (χ3n) is 3.83. The van der Waals surface area contributed by atoms with Crippen molar-refractivity contribution in [3.05, 3.63) is 32.1 Å². The van der Waals surface area contributed by atoms with Crippen LogP contribution in [0.1, 0.15) is 11.3 Å². The smallest absolute Gasteiger partial charge is 0.269 e. The molecule has 0 atom stereocenters. The number of rotatable bonds is 3. The van der Waals surface area contributed by atoms with E-state index in [1.807, 2.05) is 0 Å². The number of ether oxygens (including phenoxy) is 1. The summed E-state index contributed by atoms with van der Waals surface area (Å²) in [4.78, 5) is 25.9. The minimum atomic E-state index is -0.330. The van der Waals surface area contributed by atoms with Crippen LogP contribution >= 0.6 is 28.1 Å². The van der Waals surface area contributed by atoms with Gasteiger partial charge in [0.2, 0.25) is 0 Å². The molecular weight excluding hydrogens is 426 g/mol. The van der Waals surface area contributed by atoms with Crippen LogP contribution in [0.15, 0.2) is 24.9 Å². The second-order valence-electron chi connectivity index (χ2n) is 5.62. The Balaban J connectivity index is 2.22. The van der Waals surface area contributed by atoms with Gasteiger partial charge in [-0.15, -0.1) is 0 Å². The quantitative estimate of drug-likeness (QED) is 0.576. The predicted molar refractivity (Wildman–Crippen MR) is 103 cm³/mol. The molecule has 1 aliphatic rings. The van der Waals surface area contributed by atoms with Crippen LogP contribution in [-0.2, 0) is 4.79 Å². The van der Waals surface area contributed by atoms with Gasteiger partial charge in [-0.1, -0.05) is 0 Å². The Bertz CT molecular complexity index is 1030. The van der Waals surface area contributed by atoms with Gasteiger partial charge in [-0.05, 0) is 35.1 Å². The van der Waals surface area contributed by atoms with Crippen LogP contribution in [0.3, 0.4) is 0 Å². The molecular formula is C16H14BrN3O5S. The number of thiocarbonyl (C=S) groups is 1. The van der Waals surface area contributed by atoms with Gasteiger partial charge in [-0.25, -0.2) is 0 Å². The molecule has 136 valence electrons. The van der Waals surface area contributed by atoms with Crippen molar-refractivity contribution in [3.63, 3.8) is 0 Å². The topological polar surface area (TPSA) is 95.6 Å². The summed E-state index contributed by atoms with van der Waals surface area (Å²) in [5.74, 6) is -0.0637. The molecule has 26 heavy (non-hydrogen) atoms. The van der Waals surface area contributed by atoms with Crippen LogP contribution in [-0.4, -0.2) is 53.0 Å². The van der Waals surface area contributed by atoms with E-state index in [-0.39, 0.29) is 55.5 Å². The number of carbonyl (C=O) groups is 1. The Morgan fingerprint density at radius 2 is 2.15 bits per heavy atom. The molecule has 1 aliphatic heterocycles. The van der Waals surface area contributed by atoms with Gasteiger partial charge in [0.15, 0.2) is 16.1 Å². The third kappa shape index (κ3) is 2.84. The molecule has 2 heterocycles. The lowest BCUT2D eigenvalue weighted by Crippen LogP contribution is -2.26. The zero-order chi connectivity index (χ0) is 19.2. The number of hydrogen-bond acceptors (Lipinski definition) is 7. The Morgan fingerprint density at radius 1 is 1.46 bits per heavy atom. The average Bonchev–Trinajstić information content (AvgIpc) is 2.82. The van der Waals surface area contributed by atoms with E-state index in [1.54, 1.807) is 18.9 Å². The van der Waals surface area contributed by atoms with E-state index < -0.39 is 0 Å². The molecule has 0 radical (unpaired) electrons. The lowest BCUT2D eigenvalue weighted by molar-refractivity contribution is -0.124. The van der Waals surface area contributed by atoms with Crippen molar-refractivity contribution in [2.75, 3.05) is 20.7 Å². The molecule has 1 N–H and O–H groups in total. The first-order chi connectivity index (χ1) is 12.3. The molecule has 1 aromatic carbocycles. The number of nitrogens with zero attached hydrogens (tertiary/aromatic N) is 3. The molecule has 0 aliphatic carbocycles. The standard InChI is InChI=1S/C16H14BrN3O5S/c1-7-4-9(21)11-14(24-3)8(13(23)12(17)15(11)25-7)5-18-20-10(22)6-19(2)16(20)26/h4-5,23H,6H2,1-3H3/b18-5+. The van der Waals surface area contributed by atoms with E-state index in [1.165, 1.54) is 19.4 Å². The number of halogens is 1. The van der Waals surface area contributed by atoms with Crippen molar-refractivity contribution in [2.24, 2.45) is 5.10 Å². The van der Waals surface area contributed by atoms with Crippen molar-refractivity contribution in [1.29, 1.82) is 0 Å². The molecule has 0 spiro atoms. The molecule has 10 heteroatoms. The van der Waals surface area contributed by atoms with Crippen LogP contribution in [0.5, 0.6) is 11.5 Å². The minimum Gasteiger partial charge on any atom is -0.506 e. The van der Waals surface area contributed by atoms with E-state index in [9.17, 15) is 14.7 Å². The number of aromatic hydroxyl groups is 1. The number of aryl methyl sites for hydroxylation is 1. The van der Waals surface area contributed by atoms with Crippen LogP contribution in [0.4, 0.5) is 0 Å². The molecule has 3 rings (SSSR count). The van der Waals surface area contributed by atoms with Gasteiger partial charge in [0.25, 0.3) is 5.91 Å². The zero-order valence-electron chi connectivity index (χ0n) is 14.1. The maximum atomic E-state index is 12.4. The van der Waals surface area contributed by atoms with E-state index in [2.05, 4.69) is 21.0 Å². The van der Waals surface area contributed by atoms with E-state index >= 15 is 0 Å². The molecule has 8 nitrogen and oxygen atoms in total. The first-order valence-electron chi connectivity index (χ1n) is 7.41. The monoisotopic (exact) mass is 439 g/mol. The lowest BCUT2D eigenvalue weighted by Gasteiger charge is -2.14. The molecule has 0 unspecified atom stereocenters. The van der Waals surface area contributed by atoms with Gasteiger partial charge in [-0.2, -0.15) is 10.1 Å². The molecule has 0 bridgehead atoms. The van der Waals surface area contributed by atoms with E-state index in [0.717, 1.165) is 5.01 Å². The molecule has 1 amide bonds. The van der Waals surface area contributed by atoms with Gasteiger partial charge in [-0.3, -0.25) is 9.59 Å². The number of fused-ring (bicyclic) bond motifs is 1. The average molecular weight is 440 g/mol. The van der Waals surface area contributed by atoms with Crippen LogP contribution < -0.4 is 10.2 Å². The summed E-state index contributed by atoms with van der Waals surface area (Å²) >= 11 is 8.37. The highest BCUT2D eigenvalue weighted by Gasteiger charge is 2.30. The minimum absolute atomic E-state index is 0.0871. The number of amides is 1. The fourth-order valence-corrected chi connectivity index (χ4v) is 3.32. The Kier molecular flexibility index (Phi) is 4.72. The number of phenolic OH excluding ortho intramolecular Hbond substituents is 1. The number of benzene rings is 1. The van der Waals surface area contributed by atoms with Crippen molar-refractivity contribution in [2.45, 2.75) is 6.92 Å². The number of phenols is 1. The van der Waals surface area contributed by atoms with Gasteiger partial charge >= 0.3 is 0 Å². The van der Waals surface area contributed by atoms with Crippen molar-refractivity contribution >= 4 is 56.4 Å². The Morgan fingerprint density at radius 3 is 2.73 bits per heavy atom. The van der Waals surface area contributed by atoms with E-state index in [4.69, 9.17) is 21.4 Å². The second-order valence-corrected chi connectivity index (χ2v) is 6.78. The number of carbonyl (C=O) groups excluding carboxylic acids is 1. The number of likely N-dealkylation sites (N-methyl/N-ethyl adjacent to an activating group) is 1. The lowest BCUT2D eigenvalue weighted by atomic mass is 10.1. The Labute approximate surface area is 161 Å². The first kappa shape index (κ1) is 18.3. The van der Waals surface area contributed by atoms with Gasteiger partial charge < -0.3 is 19.2 Å². The summed E-state index contributed by atoms with van der Waals surface area (Å²) in [7, 11) is 3.03. The van der Waals surface area contributed by atoms with Gasteiger partial charge in [0, 0.05) is 13.1 Å². The largest absolute Gasteiger partial charge is 0.506 e. The SMILES string of the molecule is COc1c(/C=N/N2C(=O)CN(C)C2=S)c(O)c(Br)c2oc(C)cc(=O)c12.